The Morgan fingerprint density at radius 2 is 1.77 bits per heavy atom. The fourth-order valence-corrected chi connectivity index (χ4v) is 2.71. The third-order valence-corrected chi connectivity index (χ3v) is 4.82. The van der Waals surface area contributed by atoms with E-state index in [0.29, 0.717) is 5.92 Å². The van der Waals surface area contributed by atoms with Crippen molar-refractivity contribution in [2.45, 2.75) is 39.7 Å². The summed E-state index contributed by atoms with van der Waals surface area (Å²) in [4.78, 5) is 0. The largest absolute Gasteiger partial charge is 0.398 e. The molecule has 0 aliphatic rings. The van der Waals surface area contributed by atoms with E-state index in [9.17, 15) is 0 Å². The minimum Gasteiger partial charge on any atom is -0.398 e. The van der Waals surface area contributed by atoms with Crippen molar-refractivity contribution in [1.29, 1.82) is 0 Å². The zero-order valence-corrected chi connectivity index (χ0v) is 16.1. The SMILES string of the molecule is C=C/C=C\C(N)=C(/C)c1ccc(CNc2ccc(C(C)CC)cc2)cc1. The summed E-state index contributed by atoms with van der Waals surface area (Å²) in [5.74, 6) is 0.613. The van der Waals surface area contributed by atoms with E-state index in [4.69, 9.17) is 5.73 Å². The monoisotopic (exact) mass is 346 g/mol. The number of allylic oxidation sites excluding steroid dienone is 4. The van der Waals surface area contributed by atoms with Gasteiger partial charge in [0.15, 0.2) is 0 Å². The van der Waals surface area contributed by atoms with Gasteiger partial charge < -0.3 is 11.1 Å². The molecule has 2 heteroatoms. The van der Waals surface area contributed by atoms with E-state index in [1.807, 2.05) is 19.1 Å². The Balaban J connectivity index is 1.99. The van der Waals surface area contributed by atoms with Crippen molar-refractivity contribution >= 4 is 11.3 Å². The number of nitrogens with one attached hydrogen (secondary N) is 1. The van der Waals surface area contributed by atoms with Crippen LogP contribution in [0.2, 0.25) is 0 Å². The number of nitrogens with two attached hydrogens (primary N) is 1. The molecular formula is C24H30N2. The Morgan fingerprint density at radius 1 is 1.12 bits per heavy atom. The van der Waals surface area contributed by atoms with Crippen LogP contribution in [0.3, 0.4) is 0 Å². The second-order valence-corrected chi connectivity index (χ2v) is 6.66. The van der Waals surface area contributed by atoms with E-state index < -0.39 is 0 Å². The second-order valence-electron chi connectivity index (χ2n) is 6.66. The lowest BCUT2D eigenvalue weighted by Gasteiger charge is -2.12. The molecule has 0 fully saturated rings. The fourth-order valence-electron chi connectivity index (χ4n) is 2.71. The first kappa shape index (κ1) is 19.6. The van der Waals surface area contributed by atoms with Crippen LogP contribution in [0.1, 0.15) is 49.8 Å². The minimum absolute atomic E-state index is 0.613. The quantitative estimate of drug-likeness (QED) is 0.555. The third kappa shape index (κ3) is 5.38. The van der Waals surface area contributed by atoms with Crippen LogP contribution in [0.4, 0.5) is 5.69 Å². The molecule has 0 spiro atoms. The molecule has 2 aromatic carbocycles. The molecule has 26 heavy (non-hydrogen) atoms. The van der Waals surface area contributed by atoms with Gasteiger partial charge in [-0.3, -0.25) is 0 Å². The number of hydrogen-bond acceptors (Lipinski definition) is 2. The molecular weight excluding hydrogens is 316 g/mol. The molecule has 136 valence electrons. The summed E-state index contributed by atoms with van der Waals surface area (Å²) in [7, 11) is 0. The van der Waals surface area contributed by atoms with Gasteiger partial charge in [0.25, 0.3) is 0 Å². The zero-order chi connectivity index (χ0) is 18.9. The maximum absolute atomic E-state index is 6.08. The average molecular weight is 347 g/mol. The van der Waals surface area contributed by atoms with Crippen molar-refractivity contribution in [3.8, 4) is 0 Å². The van der Waals surface area contributed by atoms with Crippen LogP contribution in [0.25, 0.3) is 5.57 Å². The first-order valence-electron chi connectivity index (χ1n) is 9.23. The molecule has 0 radical (unpaired) electrons. The second kappa shape index (κ2) is 9.67. The zero-order valence-electron chi connectivity index (χ0n) is 16.1. The highest BCUT2D eigenvalue weighted by atomic mass is 14.9. The van der Waals surface area contributed by atoms with Gasteiger partial charge in [-0.2, -0.15) is 0 Å². The van der Waals surface area contributed by atoms with E-state index in [1.165, 1.54) is 17.5 Å². The van der Waals surface area contributed by atoms with Crippen LogP contribution < -0.4 is 11.1 Å². The third-order valence-electron chi connectivity index (χ3n) is 4.82. The summed E-state index contributed by atoms with van der Waals surface area (Å²) < 4.78 is 0. The van der Waals surface area contributed by atoms with E-state index >= 15 is 0 Å². The molecule has 2 rings (SSSR count). The van der Waals surface area contributed by atoms with Crippen LogP contribution in [0, 0.1) is 0 Å². The summed E-state index contributed by atoms with van der Waals surface area (Å²) in [5, 5.41) is 3.49. The van der Waals surface area contributed by atoms with Gasteiger partial charge in [0.2, 0.25) is 0 Å². The Kier molecular flexibility index (Phi) is 7.28. The molecule has 0 bridgehead atoms. The van der Waals surface area contributed by atoms with Crippen molar-refractivity contribution in [3.63, 3.8) is 0 Å². The predicted molar refractivity (Wildman–Crippen MR) is 115 cm³/mol. The predicted octanol–water partition coefficient (Wildman–Crippen LogP) is 6.24. The van der Waals surface area contributed by atoms with E-state index in [0.717, 1.165) is 29.1 Å². The Morgan fingerprint density at radius 3 is 2.35 bits per heavy atom. The number of rotatable bonds is 8. The van der Waals surface area contributed by atoms with Gasteiger partial charge in [-0.25, -0.2) is 0 Å². The summed E-state index contributed by atoms with van der Waals surface area (Å²) in [5.41, 5.74) is 12.8. The number of anilines is 1. The first-order valence-corrected chi connectivity index (χ1v) is 9.23. The van der Waals surface area contributed by atoms with Crippen molar-refractivity contribution in [2.75, 3.05) is 5.32 Å². The molecule has 2 aromatic rings. The molecule has 0 aliphatic heterocycles. The minimum atomic E-state index is 0.613. The highest BCUT2D eigenvalue weighted by Crippen LogP contribution is 2.21. The lowest BCUT2D eigenvalue weighted by molar-refractivity contribution is 0.734. The Labute approximate surface area is 158 Å². The molecule has 0 aliphatic carbocycles. The van der Waals surface area contributed by atoms with Crippen LogP contribution >= 0.6 is 0 Å². The van der Waals surface area contributed by atoms with Gasteiger partial charge in [-0.1, -0.05) is 69.0 Å². The highest BCUT2D eigenvalue weighted by Gasteiger charge is 2.03. The van der Waals surface area contributed by atoms with Gasteiger partial charge in [-0.15, -0.1) is 0 Å². The van der Waals surface area contributed by atoms with E-state index in [-0.39, 0.29) is 0 Å². The molecule has 2 nitrogen and oxygen atoms in total. The van der Waals surface area contributed by atoms with Gasteiger partial charge >= 0.3 is 0 Å². The Hall–Kier alpha value is -2.74. The molecule has 3 N–H and O–H groups in total. The van der Waals surface area contributed by atoms with Crippen molar-refractivity contribution < 1.29 is 0 Å². The van der Waals surface area contributed by atoms with E-state index in [1.54, 1.807) is 6.08 Å². The lowest BCUT2D eigenvalue weighted by Crippen LogP contribution is -2.01. The topological polar surface area (TPSA) is 38.0 Å². The summed E-state index contributed by atoms with van der Waals surface area (Å²) in [6.07, 6.45) is 6.62. The number of benzene rings is 2. The van der Waals surface area contributed by atoms with Gasteiger partial charge in [0.05, 0.1) is 0 Å². The Bertz CT molecular complexity index is 765. The lowest BCUT2D eigenvalue weighted by atomic mass is 9.98. The first-order chi connectivity index (χ1) is 12.5. The molecule has 0 amide bonds. The summed E-state index contributed by atoms with van der Waals surface area (Å²) in [6.45, 7) is 11.0. The number of hydrogen-bond donors (Lipinski definition) is 2. The molecule has 0 saturated heterocycles. The molecule has 1 atom stereocenters. The summed E-state index contributed by atoms with van der Waals surface area (Å²) >= 11 is 0. The molecule has 0 heterocycles. The van der Waals surface area contributed by atoms with Gasteiger partial charge in [0, 0.05) is 17.9 Å². The summed E-state index contributed by atoms with van der Waals surface area (Å²) in [6, 6.07) is 17.3. The van der Waals surface area contributed by atoms with E-state index in [2.05, 4.69) is 74.3 Å². The van der Waals surface area contributed by atoms with Crippen molar-refractivity contribution in [3.05, 3.63) is 95.7 Å². The van der Waals surface area contributed by atoms with Crippen molar-refractivity contribution in [1.82, 2.24) is 0 Å². The van der Waals surface area contributed by atoms with Gasteiger partial charge in [0.1, 0.15) is 0 Å². The van der Waals surface area contributed by atoms with Crippen LogP contribution in [-0.2, 0) is 6.54 Å². The van der Waals surface area contributed by atoms with Crippen LogP contribution in [-0.4, -0.2) is 0 Å². The smallest absolute Gasteiger partial charge is 0.0400 e. The van der Waals surface area contributed by atoms with Crippen molar-refractivity contribution in [2.24, 2.45) is 5.73 Å². The fraction of sp³-hybridized carbons (Fsp3) is 0.250. The van der Waals surface area contributed by atoms with Crippen LogP contribution in [0.5, 0.6) is 0 Å². The normalized spacial score (nSPS) is 13.3. The van der Waals surface area contributed by atoms with Gasteiger partial charge in [-0.05, 0) is 59.7 Å². The average Bonchev–Trinajstić information content (AvgIpc) is 2.70. The molecule has 0 saturated carbocycles. The van der Waals surface area contributed by atoms with Crippen LogP contribution in [0.15, 0.2) is 79.0 Å². The molecule has 0 aromatic heterocycles. The maximum Gasteiger partial charge on any atom is 0.0400 e. The molecule has 1 unspecified atom stereocenters. The maximum atomic E-state index is 6.08. The standard InChI is InChI=1S/C24H30N2/c1-5-7-8-24(25)19(4)22-11-9-20(10-12-22)17-26-23-15-13-21(14-16-23)18(3)6-2/h5,7-16,18,26H,1,6,17,25H2,2-4H3/b8-7-,24-19-. The highest BCUT2D eigenvalue weighted by molar-refractivity contribution is 5.68.